The van der Waals surface area contributed by atoms with Crippen LogP contribution in [0.4, 0.5) is 15.9 Å². The normalized spacial score (nSPS) is 11.5. The van der Waals surface area contributed by atoms with Crippen molar-refractivity contribution in [2.75, 3.05) is 10.5 Å². The number of sulfonamides is 1. The Morgan fingerprint density at radius 3 is 2.63 bits per heavy atom. The molecule has 0 amide bonds. The Balaban J connectivity index is 2.43. The van der Waals surface area contributed by atoms with Gasteiger partial charge in [-0.2, -0.15) is 5.10 Å². The number of aromatic nitrogens is 2. The van der Waals surface area contributed by atoms with Gasteiger partial charge < -0.3 is 5.73 Å². The van der Waals surface area contributed by atoms with E-state index in [0.717, 1.165) is 17.8 Å². The van der Waals surface area contributed by atoms with Gasteiger partial charge in [-0.15, -0.1) is 0 Å². The first-order valence-corrected chi connectivity index (χ1v) is 6.89. The first kappa shape index (κ1) is 13.3. The molecule has 4 N–H and O–H groups in total. The van der Waals surface area contributed by atoms with Crippen molar-refractivity contribution in [3.63, 3.8) is 0 Å². The summed E-state index contributed by atoms with van der Waals surface area (Å²) in [5.41, 5.74) is 7.01. The molecular weight excluding hydrogens is 271 g/mol. The molecule has 8 heteroatoms. The molecule has 2 rings (SSSR count). The van der Waals surface area contributed by atoms with Crippen LogP contribution in [0.25, 0.3) is 0 Å². The fourth-order valence-electron chi connectivity index (χ4n) is 1.49. The summed E-state index contributed by atoms with van der Waals surface area (Å²) in [5.74, 6) is -0.731. The van der Waals surface area contributed by atoms with Gasteiger partial charge >= 0.3 is 0 Å². The molecule has 1 heterocycles. The molecule has 1 aromatic heterocycles. The highest BCUT2D eigenvalue weighted by atomic mass is 32.2. The third kappa shape index (κ3) is 2.53. The molecule has 0 fully saturated rings. The van der Waals surface area contributed by atoms with Crippen LogP contribution in [-0.4, -0.2) is 18.6 Å². The van der Waals surface area contributed by atoms with Gasteiger partial charge in [-0.3, -0.25) is 9.82 Å². The standard InChI is InChI=1S/C11H13FN4O2S/c1-6-7(2)14-15-11(6)16-19(17,18)10-5-8(13)3-4-9(10)12/h3-5H,13H2,1-2H3,(H2,14,15,16). The van der Waals surface area contributed by atoms with Crippen molar-refractivity contribution in [1.29, 1.82) is 0 Å². The minimum absolute atomic E-state index is 0.138. The van der Waals surface area contributed by atoms with E-state index >= 15 is 0 Å². The Kier molecular flexibility index (Phi) is 3.19. The Bertz CT molecular complexity index is 724. The first-order chi connectivity index (χ1) is 8.81. The van der Waals surface area contributed by atoms with Crippen molar-refractivity contribution < 1.29 is 12.8 Å². The van der Waals surface area contributed by atoms with Gasteiger partial charge in [-0.25, -0.2) is 12.8 Å². The van der Waals surface area contributed by atoms with Gasteiger partial charge in [0.25, 0.3) is 10.0 Å². The van der Waals surface area contributed by atoms with Crippen LogP contribution in [0.1, 0.15) is 11.3 Å². The van der Waals surface area contributed by atoms with Crippen LogP contribution in [0.15, 0.2) is 23.1 Å². The molecule has 6 nitrogen and oxygen atoms in total. The Morgan fingerprint density at radius 1 is 1.37 bits per heavy atom. The van der Waals surface area contributed by atoms with Crippen LogP contribution < -0.4 is 10.5 Å². The van der Waals surface area contributed by atoms with Crippen LogP contribution in [-0.2, 0) is 10.0 Å². The van der Waals surface area contributed by atoms with Crippen molar-refractivity contribution in [2.45, 2.75) is 18.7 Å². The number of aromatic amines is 1. The fourth-order valence-corrected chi connectivity index (χ4v) is 2.67. The van der Waals surface area contributed by atoms with Crippen molar-refractivity contribution in [2.24, 2.45) is 0 Å². The second-order valence-corrected chi connectivity index (χ2v) is 5.77. The second-order valence-electron chi connectivity index (χ2n) is 4.12. The number of nitrogens with two attached hydrogens (primary N) is 1. The third-order valence-electron chi connectivity index (χ3n) is 2.73. The van der Waals surface area contributed by atoms with Crippen LogP contribution in [0.2, 0.25) is 0 Å². The fraction of sp³-hybridized carbons (Fsp3) is 0.182. The molecule has 0 saturated carbocycles. The molecule has 1 aromatic carbocycles. The number of anilines is 2. The molecule has 0 aliphatic carbocycles. The summed E-state index contributed by atoms with van der Waals surface area (Å²) < 4.78 is 39.9. The lowest BCUT2D eigenvalue weighted by atomic mass is 10.3. The Labute approximate surface area is 109 Å². The maximum absolute atomic E-state index is 13.6. The van der Waals surface area contributed by atoms with E-state index in [2.05, 4.69) is 14.9 Å². The number of nitrogen functional groups attached to an aromatic ring is 1. The molecular formula is C11H13FN4O2S. The SMILES string of the molecule is Cc1[nH]nc(NS(=O)(=O)c2cc(N)ccc2F)c1C. The topological polar surface area (TPSA) is 101 Å². The summed E-state index contributed by atoms with van der Waals surface area (Å²) in [6.07, 6.45) is 0. The number of H-pyrrole nitrogens is 1. The Morgan fingerprint density at radius 2 is 2.05 bits per heavy atom. The number of benzene rings is 1. The minimum atomic E-state index is -4.06. The van der Waals surface area contributed by atoms with Gasteiger partial charge in [0.05, 0.1) is 0 Å². The summed E-state index contributed by atoms with van der Waals surface area (Å²) in [4.78, 5) is -0.507. The summed E-state index contributed by atoms with van der Waals surface area (Å²) in [6, 6.07) is 3.36. The molecule has 0 atom stereocenters. The lowest BCUT2D eigenvalue weighted by Crippen LogP contribution is -2.15. The molecule has 102 valence electrons. The van der Waals surface area contributed by atoms with E-state index in [1.54, 1.807) is 13.8 Å². The van der Waals surface area contributed by atoms with Crippen LogP contribution in [0, 0.1) is 19.7 Å². The van der Waals surface area contributed by atoms with Gasteiger partial charge in [0.1, 0.15) is 10.7 Å². The van der Waals surface area contributed by atoms with Crippen LogP contribution in [0.5, 0.6) is 0 Å². The van der Waals surface area contributed by atoms with Crippen molar-refractivity contribution in [3.05, 3.63) is 35.3 Å². The number of hydrogen-bond acceptors (Lipinski definition) is 4. The second kappa shape index (κ2) is 4.54. The molecule has 0 unspecified atom stereocenters. The highest BCUT2D eigenvalue weighted by Gasteiger charge is 2.21. The van der Waals surface area contributed by atoms with E-state index in [4.69, 9.17) is 5.73 Å². The molecule has 0 saturated heterocycles. The molecule has 19 heavy (non-hydrogen) atoms. The molecule has 0 aliphatic heterocycles. The summed E-state index contributed by atoms with van der Waals surface area (Å²) in [6.45, 7) is 3.45. The molecule has 2 aromatic rings. The Hall–Kier alpha value is -2.09. The zero-order valence-electron chi connectivity index (χ0n) is 10.4. The van der Waals surface area contributed by atoms with Crippen molar-refractivity contribution in [3.8, 4) is 0 Å². The van der Waals surface area contributed by atoms with Crippen molar-refractivity contribution >= 4 is 21.5 Å². The van der Waals surface area contributed by atoms with E-state index in [0.29, 0.717) is 5.56 Å². The third-order valence-corrected chi connectivity index (χ3v) is 4.08. The monoisotopic (exact) mass is 284 g/mol. The number of nitrogens with zero attached hydrogens (tertiary/aromatic N) is 1. The number of hydrogen-bond donors (Lipinski definition) is 3. The number of nitrogens with one attached hydrogen (secondary N) is 2. The van der Waals surface area contributed by atoms with E-state index in [9.17, 15) is 12.8 Å². The summed E-state index contributed by atoms with van der Waals surface area (Å²) >= 11 is 0. The molecule has 0 radical (unpaired) electrons. The van der Waals surface area contributed by atoms with E-state index < -0.39 is 20.7 Å². The van der Waals surface area contributed by atoms with Gasteiger partial charge in [-0.05, 0) is 32.0 Å². The smallest absolute Gasteiger partial charge is 0.266 e. The van der Waals surface area contributed by atoms with E-state index in [1.165, 1.54) is 6.07 Å². The van der Waals surface area contributed by atoms with E-state index in [1.807, 2.05) is 0 Å². The lowest BCUT2D eigenvalue weighted by Gasteiger charge is -2.08. The number of rotatable bonds is 3. The minimum Gasteiger partial charge on any atom is -0.399 e. The highest BCUT2D eigenvalue weighted by Crippen LogP contribution is 2.22. The zero-order valence-corrected chi connectivity index (χ0v) is 11.2. The van der Waals surface area contributed by atoms with Gasteiger partial charge in [0.15, 0.2) is 5.82 Å². The maximum Gasteiger partial charge on any atom is 0.266 e. The average Bonchev–Trinajstić information content (AvgIpc) is 2.63. The predicted octanol–water partition coefficient (Wildman–Crippen LogP) is 1.55. The molecule has 0 spiro atoms. The van der Waals surface area contributed by atoms with Crippen LogP contribution in [0.3, 0.4) is 0 Å². The predicted molar refractivity (Wildman–Crippen MR) is 69.7 cm³/mol. The van der Waals surface area contributed by atoms with Gasteiger partial charge in [0, 0.05) is 16.9 Å². The summed E-state index contributed by atoms with van der Waals surface area (Å²) in [7, 11) is -4.06. The van der Waals surface area contributed by atoms with Crippen LogP contribution >= 0.6 is 0 Å². The number of aryl methyl sites for hydroxylation is 1. The van der Waals surface area contributed by atoms with Crippen molar-refractivity contribution in [1.82, 2.24) is 10.2 Å². The zero-order chi connectivity index (χ0) is 14.2. The highest BCUT2D eigenvalue weighted by molar-refractivity contribution is 7.92. The maximum atomic E-state index is 13.6. The van der Waals surface area contributed by atoms with Gasteiger partial charge in [-0.1, -0.05) is 0 Å². The largest absolute Gasteiger partial charge is 0.399 e. The molecule has 0 aliphatic rings. The van der Waals surface area contributed by atoms with Gasteiger partial charge in [0.2, 0.25) is 0 Å². The quantitative estimate of drug-likeness (QED) is 0.744. The lowest BCUT2D eigenvalue weighted by molar-refractivity contribution is 0.570. The average molecular weight is 284 g/mol. The summed E-state index contributed by atoms with van der Waals surface area (Å²) in [5, 5.41) is 6.45. The van der Waals surface area contributed by atoms with E-state index in [-0.39, 0.29) is 11.5 Å². The first-order valence-electron chi connectivity index (χ1n) is 5.40. The molecule has 0 bridgehead atoms. The number of halogens is 1.